The predicted molar refractivity (Wildman–Crippen MR) is 79.6 cm³/mol. The number of aryl methyl sites for hydroxylation is 3. The molecule has 0 amide bonds. The lowest BCUT2D eigenvalue weighted by Crippen LogP contribution is -2.16. The van der Waals surface area contributed by atoms with Crippen molar-refractivity contribution in [1.29, 1.82) is 0 Å². The highest BCUT2D eigenvalue weighted by molar-refractivity contribution is 5.51. The van der Waals surface area contributed by atoms with E-state index in [9.17, 15) is 0 Å². The summed E-state index contributed by atoms with van der Waals surface area (Å²) < 4.78 is 7.67. The Balaban J connectivity index is 1.92. The lowest BCUT2D eigenvalue weighted by Gasteiger charge is -2.00. The average molecular weight is 276 g/mol. The van der Waals surface area contributed by atoms with E-state index in [1.165, 1.54) is 6.42 Å². The standard InChI is InChI=1S/C15H24N4O/c1-4-8-16-9-6-7-15-17-11-14(20-15)13-10-12(5-2)18-19(13)3/h10-11,16H,4-9H2,1-3H3. The van der Waals surface area contributed by atoms with Crippen molar-refractivity contribution in [2.45, 2.75) is 39.5 Å². The summed E-state index contributed by atoms with van der Waals surface area (Å²) in [4.78, 5) is 4.35. The van der Waals surface area contributed by atoms with Gasteiger partial charge in [-0.1, -0.05) is 13.8 Å². The highest BCUT2D eigenvalue weighted by Crippen LogP contribution is 2.21. The number of hydrogen-bond acceptors (Lipinski definition) is 4. The van der Waals surface area contributed by atoms with Crippen LogP contribution in [0.2, 0.25) is 0 Å². The molecule has 0 unspecified atom stereocenters. The first-order valence-corrected chi connectivity index (χ1v) is 7.43. The van der Waals surface area contributed by atoms with E-state index < -0.39 is 0 Å². The van der Waals surface area contributed by atoms with Gasteiger partial charge in [-0.3, -0.25) is 4.68 Å². The van der Waals surface area contributed by atoms with Gasteiger partial charge in [0.05, 0.1) is 11.9 Å². The van der Waals surface area contributed by atoms with E-state index in [-0.39, 0.29) is 0 Å². The molecule has 20 heavy (non-hydrogen) atoms. The molecule has 0 aliphatic heterocycles. The van der Waals surface area contributed by atoms with Crippen LogP contribution in [-0.2, 0) is 19.9 Å². The third-order valence-electron chi connectivity index (χ3n) is 3.27. The number of oxazole rings is 1. The third-order valence-corrected chi connectivity index (χ3v) is 3.27. The van der Waals surface area contributed by atoms with Crippen LogP contribution in [0.5, 0.6) is 0 Å². The summed E-state index contributed by atoms with van der Waals surface area (Å²) in [6, 6.07) is 2.06. The number of aromatic nitrogens is 3. The molecule has 0 aliphatic carbocycles. The van der Waals surface area contributed by atoms with Gasteiger partial charge in [-0.25, -0.2) is 4.98 Å². The SMILES string of the molecule is CCCNCCCc1ncc(-c2cc(CC)nn2C)o1. The summed E-state index contributed by atoms with van der Waals surface area (Å²) in [5.41, 5.74) is 2.06. The van der Waals surface area contributed by atoms with Crippen molar-refractivity contribution < 1.29 is 4.42 Å². The Hall–Kier alpha value is -1.62. The summed E-state index contributed by atoms with van der Waals surface area (Å²) in [6.07, 6.45) is 5.81. The van der Waals surface area contributed by atoms with E-state index in [0.717, 1.165) is 55.4 Å². The molecule has 5 heteroatoms. The first kappa shape index (κ1) is 14.8. The molecular weight excluding hydrogens is 252 g/mol. The monoisotopic (exact) mass is 276 g/mol. The number of hydrogen-bond donors (Lipinski definition) is 1. The van der Waals surface area contributed by atoms with Gasteiger partial charge in [0, 0.05) is 13.5 Å². The molecule has 2 aromatic rings. The fourth-order valence-corrected chi connectivity index (χ4v) is 2.14. The molecule has 0 saturated carbocycles. The van der Waals surface area contributed by atoms with E-state index >= 15 is 0 Å². The smallest absolute Gasteiger partial charge is 0.195 e. The highest BCUT2D eigenvalue weighted by atomic mass is 16.4. The number of nitrogens with zero attached hydrogens (tertiary/aromatic N) is 3. The average Bonchev–Trinajstić information content (AvgIpc) is 3.05. The van der Waals surface area contributed by atoms with E-state index in [2.05, 4.69) is 35.3 Å². The van der Waals surface area contributed by atoms with Crippen molar-refractivity contribution in [2.24, 2.45) is 7.05 Å². The summed E-state index contributed by atoms with van der Waals surface area (Å²) in [5.74, 6) is 1.61. The zero-order chi connectivity index (χ0) is 14.4. The molecule has 0 spiro atoms. The van der Waals surface area contributed by atoms with Crippen LogP contribution in [-0.4, -0.2) is 27.9 Å². The Morgan fingerprint density at radius 2 is 2.15 bits per heavy atom. The van der Waals surface area contributed by atoms with Gasteiger partial charge in [0.15, 0.2) is 11.7 Å². The number of rotatable bonds is 8. The molecule has 0 saturated heterocycles. The Kier molecular flexibility index (Phi) is 5.35. The highest BCUT2D eigenvalue weighted by Gasteiger charge is 2.11. The van der Waals surface area contributed by atoms with Crippen molar-refractivity contribution in [3.63, 3.8) is 0 Å². The van der Waals surface area contributed by atoms with Gasteiger partial charge >= 0.3 is 0 Å². The third kappa shape index (κ3) is 3.70. The van der Waals surface area contributed by atoms with Crippen molar-refractivity contribution in [3.05, 3.63) is 23.8 Å². The molecule has 2 rings (SSSR count). The second kappa shape index (κ2) is 7.24. The van der Waals surface area contributed by atoms with E-state index in [4.69, 9.17) is 4.42 Å². The first-order chi connectivity index (χ1) is 9.74. The van der Waals surface area contributed by atoms with Crippen LogP contribution >= 0.6 is 0 Å². The van der Waals surface area contributed by atoms with E-state index in [0.29, 0.717) is 0 Å². The first-order valence-electron chi connectivity index (χ1n) is 7.43. The van der Waals surface area contributed by atoms with Crippen molar-refractivity contribution in [3.8, 4) is 11.5 Å². The predicted octanol–water partition coefficient (Wildman–Crippen LogP) is 2.57. The van der Waals surface area contributed by atoms with Crippen molar-refractivity contribution in [2.75, 3.05) is 13.1 Å². The van der Waals surface area contributed by atoms with Crippen LogP contribution in [0.4, 0.5) is 0 Å². The fraction of sp³-hybridized carbons (Fsp3) is 0.600. The molecule has 0 aliphatic rings. The van der Waals surface area contributed by atoms with Gasteiger partial charge in [-0.05, 0) is 38.4 Å². The molecular formula is C15H24N4O. The summed E-state index contributed by atoms with van der Waals surface area (Å²) in [6.45, 7) is 6.36. The lowest BCUT2D eigenvalue weighted by molar-refractivity contribution is 0.488. The van der Waals surface area contributed by atoms with Crippen LogP contribution in [0, 0.1) is 0 Å². The molecule has 0 aromatic carbocycles. The van der Waals surface area contributed by atoms with Crippen LogP contribution in [0.3, 0.4) is 0 Å². The van der Waals surface area contributed by atoms with Crippen LogP contribution in [0.15, 0.2) is 16.7 Å². The molecule has 0 atom stereocenters. The van der Waals surface area contributed by atoms with Gasteiger partial charge < -0.3 is 9.73 Å². The quantitative estimate of drug-likeness (QED) is 0.753. The topological polar surface area (TPSA) is 55.9 Å². The van der Waals surface area contributed by atoms with Gasteiger partial charge in [0.2, 0.25) is 0 Å². The van der Waals surface area contributed by atoms with Gasteiger partial charge in [0.1, 0.15) is 5.69 Å². The molecule has 0 bridgehead atoms. The molecule has 1 N–H and O–H groups in total. The molecule has 0 radical (unpaired) electrons. The Morgan fingerprint density at radius 3 is 2.85 bits per heavy atom. The minimum Gasteiger partial charge on any atom is -0.439 e. The minimum absolute atomic E-state index is 0.802. The summed E-state index contributed by atoms with van der Waals surface area (Å²) >= 11 is 0. The largest absolute Gasteiger partial charge is 0.439 e. The molecule has 5 nitrogen and oxygen atoms in total. The minimum atomic E-state index is 0.802. The van der Waals surface area contributed by atoms with Crippen molar-refractivity contribution >= 4 is 0 Å². The Morgan fingerprint density at radius 1 is 1.30 bits per heavy atom. The maximum atomic E-state index is 5.82. The molecule has 2 aromatic heterocycles. The van der Waals surface area contributed by atoms with Crippen LogP contribution in [0.25, 0.3) is 11.5 Å². The second-order valence-electron chi connectivity index (χ2n) is 4.97. The Labute approximate surface area is 120 Å². The maximum Gasteiger partial charge on any atom is 0.195 e. The summed E-state index contributed by atoms with van der Waals surface area (Å²) in [7, 11) is 1.94. The van der Waals surface area contributed by atoms with Crippen LogP contribution < -0.4 is 5.32 Å². The zero-order valence-corrected chi connectivity index (χ0v) is 12.6. The van der Waals surface area contributed by atoms with E-state index in [1.54, 1.807) is 6.20 Å². The zero-order valence-electron chi connectivity index (χ0n) is 12.6. The van der Waals surface area contributed by atoms with Gasteiger partial charge in [-0.2, -0.15) is 5.10 Å². The van der Waals surface area contributed by atoms with Gasteiger partial charge in [0.25, 0.3) is 0 Å². The second-order valence-corrected chi connectivity index (χ2v) is 4.97. The fourth-order valence-electron chi connectivity index (χ4n) is 2.14. The normalized spacial score (nSPS) is 11.2. The summed E-state index contributed by atoms with van der Waals surface area (Å²) in [5, 5.41) is 7.81. The number of nitrogens with one attached hydrogen (secondary N) is 1. The van der Waals surface area contributed by atoms with Gasteiger partial charge in [-0.15, -0.1) is 0 Å². The van der Waals surface area contributed by atoms with E-state index in [1.807, 2.05) is 11.7 Å². The van der Waals surface area contributed by atoms with Crippen LogP contribution in [0.1, 0.15) is 38.3 Å². The Bertz CT molecular complexity index is 530. The molecule has 2 heterocycles. The maximum absolute atomic E-state index is 5.82. The lowest BCUT2D eigenvalue weighted by atomic mass is 10.3. The molecule has 110 valence electrons. The van der Waals surface area contributed by atoms with Crippen molar-refractivity contribution in [1.82, 2.24) is 20.1 Å². The molecule has 0 fully saturated rings.